The molecular weight excluding hydrogens is 209 g/mol. The Morgan fingerprint density at radius 3 is 2.71 bits per heavy atom. The number of hydrogen-bond donors (Lipinski definition) is 2. The van der Waals surface area contributed by atoms with Gasteiger partial charge in [0.1, 0.15) is 5.82 Å². The maximum atomic E-state index is 12.7. The van der Waals surface area contributed by atoms with Crippen LogP contribution in [0.5, 0.6) is 0 Å². The van der Waals surface area contributed by atoms with Crippen LogP contribution in [0.3, 0.4) is 0 Å². The highest BCUT2D eigenvalue weighted by Crippen LogP contribution is 2.09. The normalized spacial score (nSPS) is 11.6. The van der Waals surface area contributed by atoms with E-state index in [9.17, 15) is 12.8 Å². The van der Waals surface area contributed by atoms with Crippen LogP contribution in [0.1, 0.15) is 0 Å². The van der Waals surface area contributed by atoms with Gasteiger partial charge in [0, 0.05) is 6.54 Å². The van der Waals surface area contributed by atoms with Crippen molar-refractivity contribution < 1.29 is 17.9 Å². The number of nitrogens with one attached hydrogen (secondary N) is 1. The first kappa shape index (κ1) is 11.1. The predicted octanol–water partition coefficient (Wildman–Crippen LogP) is 0.0963. The maximum absolute atomic E-state index is 12.7. The molecule has 0 saturated heterocycles. The third kappa shape index (κ3) is 2.76. The molecule has 4 nitrogen and oxygen atoms in total. The average molecular weight is 219 g/mol. The summed E-state index contributed by atoms with van der Waals surface area (Å²) in [6, 6.07) is 4.66. The molecule has 0 atom stereocenters. The zero-order chi connectivity index (χ0) is 10.6. The molecule has 14 heavy (non-hydrogen) atoms. The van der Waals surface area contributed by atoms with Gasteiger partial charge in [-0.3, -0.25) is 0 Å². The first-order valence-corrected chi connectivity index (χ1v) is 5.40. The number of rotatable bonds is 4. The maximum Gasteiger partial charge on any atom is 0.240 e. The molecule has 1 rings (SSSR count). The second kappa shape index (κ2) is 4.50. The third-order valence-electron chi connectivity index (χ3n) is 1.51. The second-order valence-electron chi connectivity index (χ2n) is 2.58. The van der Waals surface area contributed by atoms with E-state index in [1.165, 1.54) is 12.1 Å². The van der Waals surface area contributed by atoms with Crippen molar-refractivity contribution in [3.8, 4) is 0 Å². The summed E-state index contributed by atoms with van der Waals surface area (Å²) in [5, 5.41) is 8.43. The summed E-state index contributed by atoms with van der Waals surface area (Å²) < 4.78 is 37.5. The van der Waals surface area contributed by atoms with Crippen molar-refractivity contribution in [2.45, 2.75) is 4.90 Å². The van der Waals surface area contributed by atoms with Gasteiger partial charge in [-0.25, -0.2) is 17.5 Å². The molecule has 1 aromatic carbocycles. The molecule has 2 N–H and O–H groups in total. The average Bonchev–Trinajstić information content (AvgIpc) is 2.15. The molecule has 0 unspecified atom stereocenters. The van der Waals surface area contributed by atoms with Crippen LogP contribution < -0.4 is 4.72 Å². The SMILES string of the molecule is O=S(=O)(NCCO)c1cccc(F)c1. The Labute approximate surface area is 81.4 Å². The summed E-state index contributed by atoms with van der Waals surface area (Å²) >= 11 is 0. The van der Waals surface area contributed by atoms with Crippen LogP contribution >= 0.6 is 0 Å². The quantitative estimate of drug-likeness (QED) is 0.754. The van der Waals surface area contributed by atoms with Crippen LogP contribution in [0.2, 0.25) is 0 Å². The lowest BCUT2D eigenvalue weighted by molar-refractivity contribution is 0.301. The fourth-order valence-electron chi connectivity index (χ4n) is 0.897. The van der Waals surface area contributed by atoms with E-state index in [1.807, 2.05) is 0 Å². The van der Waals surface area contributed by atoms with Crippen LogP contribution in [0.15, 0.2) is 29.2 Å². The molecule has 0 radical (unpaired) electrons. The Kier molecular flexibility index (Phi) is 3.56. The lowest BCUT2D eigenvalue weighted by atomic mass is 10.4. The number of halogens is 1. The monoisotopic (exact) mass is 219 g/mol. The Balaban J connectivity index is 2.93. The molecule has 0 fully saturated rings. The zero-order valence-electron chi connectivity index (χ0n) is 7.27. The topological polar surface area (TPSA) is 66.4 Å². The summed E-state index contributed by atoms with van der Waals surface area (Å²) in [6.07, 6.45) is 0. The Bertz CT molecular complexity index is 405. The van der Waals surface area contributed by atoms with Crippen molar-refractivity contribution in [1.29, 1.82) is 0 Å². The lowest BCUT2D eigenvalue weighted by Gasteiger charge is -2.04. The van der Waals surface area contributed by atoms with E-state index in [2.05, 4.69) is 4.72 Å². The highest BCUT2D eigenvalue weighted by molar-refractivity contribution is 7.89. The largest absolute Gasteiger partial charge is 0.395 e. The minimum Gasteiger partial charge on any atom is -0.395 e. The summed E-state index contributed by atoms with van der Waals surface area (Å²) in [5.74, 6) is -0.614. The number of benzene rings is 1. The summed E-state index contributed by atoms with van der Waals surface area (Å²) in [7, 11) is -3.69. The van der Waals surface area contributed by atoms with Crippen molar-refractivity contribution in [3.05, 3.63) is 30.1 Å². The summed E-state index contributed by atoms with van der Waals surface area (Å²) in [6.45, 7) is -0.382. The van der Waals surface area contributed by atoms with E-state index in [4.69, 9.17) is 5.11 Å². The van der Waals surface area contributed by atoms with Gasteiger partial charge in [-0.1, -0.05) is 6.07 Å². The van der Waals surface area contributed by atoms with Gasteiger partial charge in [-0.05, 0) is 18.2 Å². The van der Waals surface area contributed by atoms with Gasteiger partial charge in [0.25, 0.3) is 0 Å². The van der Waals surface area contributed by atoms with Gasteiger partial charge < -0.3 is 5.11 Å². The summed E-state index contributed by atoms with van der Waals surface area (Å²) in [5.41, 5.74) is 0. The minimum atomic E-state index is -3.69. The lowest BCUT2D eigenvalue weighted by Crippen LogP contribution is -2.26. The van der Waals surface area contributed by atoms with Gasteiger partial charge in [0.05, 0.1) is 11.5 Å². The fraction of sp³-hybridized carbons (Fsp3) is 0.250. The van der Waals surface area contributed by atoms with E-state index in [0.29, 0.717) is 0 Å². The van der Waals surface area contributed by atoms with E-state index < -0.39 is 15.8 Å². The van der Waals surface area contributed by atoms with Crippen LogP contribution in [0.25, 0.3) is 0 Å². The smallest absolute Gasteiger partial charge is 0.240 e. The Morgan fingerprint density at radius 2 is 2.14 bits per heavy atom. The van der Waals surface area contributed by atoms with Crippen molar-refractivity contribution in [3.63, 3.8) is 0 Å². The van der Waals surface area contributed by atoms with Crippen LogP contribution in [0, 0.1) is 5.82 Å². The number of hydrogen-bond acceptors (Lipinski definition) is 3. The Morgan fingerprint density at radius 1 is 1.43 bits per heavy atom. The van der Waals surface area contributed by atoms with Crippen LogP contribution in [0.4, 0.5) is 4.39 Å². The molecule has 6 heteroatoms. The minimum absolute atomic E-state index is 0.0845. The van der Waals surface area contributed by atoms with E-state index >= 15 is 0 Å². The molecule has 0 heterocycles. The van der Waals surface area contributed by atoms with Gasteiger partial charge >= 0.3 is 0 Å². The molecule has 0 bridgehead atoms. The molecule has 78 valence electrons. The molecule has 0 aromatic heterocycles. The molecule has 0 saturated carbocycles. The van der Waals surface area contributed by atoms with Gasteiger partial charge in [-0.15, -0.1) is 0 Å². The van der Waals surface area contributed by atoms with Crippen molar-refractivity contribution in [1.82, 2.24) is 4.72 Å². The second-order valence-corrected chi connectivity index (χ2v) is 4.35. The van der Waals surface area contributed by atoms with Gasteiger partial charge in [0.15, 0.2) is 0 Å². The standard InChI is InChI=1S/C8H10FNO3S/c9-7-2-1-3-8(6-7)14(12,13)10-4-5-11/h1-3,6,10-11H,4-5H2. The molecule has 0 amide bonds. The van der Waals surface area contributed by atoms with Crippen LogP contribution in [-0.4, -0.2) is 26.7 Å². The third-order valence-corrected chi connectivity index (χ3v) is 2.97. The summed E-state index contributed by atoms with van der Waals surface area (Å²) in [4.78, 5) is -0.147. The van der Waals surface area contributed by atoms with Crippen LogP contribution in [-0.2, 0) is 10.0 Å². The van der Waals surface area contributed by atoms with Crippen molar-refractivity contribution >= 4 is 10.0 Å². The molecule has 0 spiro atoms. The number of aliphatic hydroxyl groups is 1. The molecule has 0 aliphatic rings. The fourth-order valence-corrected chi connectivity index (χ4v) is 1.95. The van der Waals surface area contributed by atoms with Crippen molar-refractivity contribution in [2.75, 3.05) is 13.2 Å². The van der Waals surface area contributed by atoms with Gasteiger partial charge in [-0.2, -0.15) is 0 Å². The highest BCUT2D eigenvalue weighted by Gasteiger charge is 2.12. The van der Waals surface area contributed by atoms with Gasteiger partial charge in [0.2, 0.25) is 10.0 Å². The molecular formula is C8H10FNO3S. The highest BCUT2D eigenvalue weighted by atomic mass is 32.2. The number of sulfonamides is 1. The van der Waals surface area contributed by atoms with E-state index in [-0.39, 0.29) is 18.0 Å². The molecule has 0 aliphatic carbocycles. The molecule has 1 aromatic rings. The van der Waals surface area contributed by atoms with E-state index in [1.54, 1.807) is 0 Å². The Hall–Kier alpha value is -0.980. The first-order chi connectivity index (χ1) is 6.56. The predicted molar refractivity (Wildman–Crippen MR) is 48.7 cm³/mol. The first-order valence-electron chi connectivity index (χ1n) is 3.92. The molecule has 0 aliphatic heterocycles. The number of aliphatic hydroxyl groups excluding tert-OH is 1. The zero-order valence-corrected chi connectivity index (χ0v) is 8.09. The van der Waals surface area contributed by atoms with Crippen molar-refractivity contribution in [2.24, 2.45) is 0 Å². The van der Waals surface area contributed by atoms with E-state index in [0.717, 1.165) is 12.1 Å².